The summed E-state index contributed by atoms with van der Waals surface area (Å²) in [5.74, 6) is 0.665. The summed E-state index contributed by atoms with van der Waals surface area (Å²) in [5, 5.41) is 0. The topological polar surface area (TPSA) is 23.6 Å². The van der Waals surface area contributed by atoms with Crippen molar-refractivity contribution < 1.29 is 4.79 Å². The van der Waals surface area contributed by atoms with Gasteiger partial charge in [0, 0.05) is 38.3 Å². The maximum atomic E-state index is 12.6. The average molecular weight is 258 g/mol. The molecule has 3 heteroatoms. The number of hydrogen-bond acceptors (Lipinski definition) is 2. The van der Waals surface area contributed by atoms with Crippen molar-refractivity contribution in [3.05, 3.63) is 29.8 Å². The first-order chi connectivity index (χ1) is 9.25. The Hall–Kier alpha value is -1.51. The minimum Gasteiger partial charge on any atom is -0.373 e. The van der Waals surface area contributed by atoms with E-state index in [0.29, 0.717) is 5.91 Å². The zero-order valence-corrected chi connectivity index (χ0v) is 11.6. The van der Waals surface area contributed by atoms with Gasteiger partial charge in [-0.05, 0) is 24.5 Å². The molecule has 1 aromatic rings. The van der Waals surface area contributed by atoms with Gasteiger partial charge in [-0.2, -0.15) is 0 Å². The summed E-state index contributed by atoms with van der Waals surface area (Å²) >= 11 is 0. The van der Waals surface area contributed by atoms with Crippen LogP contribution in [0.1, 0.15) is 31.2 Å². The normalized spacial score (nSPS) is 20.3. The van der Waals surface area contributed by atoms with E-state index in [9.17, 15) is 4.79 Å². The lowest BCUT2D eigenvalue weighted by Gasteiger charge is -2.24. The quantitative estimate of drug-likeness (QED) is 0.773. The summed E-state index contributed by atoms with van der Waals surface area (Å²) in [4.78, 5) is 16.9. The van der Waals surface area contributed by atoms with Crippen molar-refractivity contribution in [3.8, 4) is 0 Å². The summed E-state index contributed by atoms with van der Waals surface area (Å²) < 4.78 is 0. The second-order valence-corrected chi connectivity index (χ2v) is 5.79. The number of hydrogen-bond donors (Lipinski definition) is 0. The number of para-hydroxylation sites is 1. The largest absolute Gasteiger partial charge is 0.373 e. The summed E-state index contributed by atoms with van der Waals surface area (Å²) in [6, 6.07) is 8.44. The smallest absolute Gasteiger partial charge is 0.226 e. The average Bonchev–Trinajstić information content (AvgIpc) is 2.91. The van der Waals surface area contributed by atoms with Crippen LogP contribution >= 0.6 is 0 Å². The highest BCUT2D eigenvalue weighted by atomic mass is 16.2. The first-order valence-electron chi connectivity index (χ1n) is 7.33. The Balaban J connectivity index is 1.80. The van der Waals surface area contributed by atoms with Crippen LogP contribution in [0.5, 0.6) is 0 Å². The summed E-state index contributed by atoms with van der Waals surface area (Å²) in [6.45, 7) is 2.55. The number of fused-ring (bicyclic) bond motifs is 1. The van der Waals surface area contributed by atoms with E-state index in [1.165, 1.54) is 24.1 Å². The number of rotatable bonds is 1. The fourth-order valence-electron chi connectivity index (χ4n) is 3.31. The van der Waals surface area contributed by atoms with Crippen LogP contribution < -0.4 is 4.90 Å². The van der Waals surface area contributed by atoms with E-state index >= 15 is 0 Å². The third kappa shape index (κ3) is 2.46. The van der Waals surface area contributed by atoms with Crippen molar-refractivity contribution in [3.63, 3.8) is 0 Å². The van der Waals surface area contributed by atoms with Crippen LogP contribution in [0.25, 0.3) is 0 Å². The first kappa shape index (κ1) is 12.5. The molecular weight excluding hydrogens is 236 g/mol. The van der Waals surface area contributed by atoms with Crippen LogP contribution in [0.4, 0.5) is 5.69 Å². The summed E-state index contributed by atoms with van der Waals surface area (Å²) in [7, 11) is 2.11. The number of likely N-dealkylation sites (N-methyl/N-ethyl adjacent to an activating group) is 1. The van der Waals surface area contributed by atoms with E-state index in [1.54, 1.807) is 0 Å². The number of anilines is 1. The van der Waals surface area contributed by atoms with Crippen molar-refractivity contribution in [2.75, 3.05) is 25.0 Å². The molecule has 0 radical (unpaired) electrons. The third-order valence-electron chi connectivity index (χ3n) is 4.49. The van der Waals surface area contributed by atoms with Gasteiger partial charge >= 0.3 is 0 Å². The number of amides is 1. The first-order valence-corrected chi connectivity index (χ1v) is 7.33. The minimum absolute atomic E-state index is 0.288. The zero-order chi connectivity index (χ0) is 13.2. The molecule has 1 heterocycles. The van der Waals surface area contributed by atoms with Gasteiger partial charge in [-0.25, -0.2) is 0 Å². The van der Waals surface area contributed by atoms with Crippen molar-refractivity contribution in [2.45, 2.75) is 32.2 Å². The van der Waals surface area contributed by atoms with Gasteiger partial charge in [-0.3, -0.25) is 4.79 Å². The maximum absolute atomic E-state index is 12.6. The summed E-state index contributed by atoms with van der Waals surface area (Å²) in [6.07, 6.45) is 4.63. The van der Waals surface area contributed by atoms with Crippen LogP contribution in [0.2, 0.25) is 0 Å². The molecule has 0 bridgehead atoms. The van der Waals surface area contributed by atoms with Gasteiger partial charge in [0.25, 0.3) is 0 Å². The van der Waals surface area contributed by atoms with Gasteiger partial charge in [-0.15, -0.1) is 0 Å². The van der Waals surface area contributed by atoms with Crippen LogP contribution in [-0.2, 0) is 11.3 Å². The molecule has 0 N–H and O–H groups in total. The molecule has 2 aliphatic rings. The fourth-order valence-corrected chi connectivity index (χ4v) is 3.31. The highest BCUT2D eigenvalue weighted by Gasteiger charge is 2.29. The lowest BCUT2D eigenvalue weighted by Crippen LogP contribution is -2.37. The van der Waals surface area contributed by atoms with Crippen LogP contribution in [0.15, 0.2) is 24.3 Å². The third-order valence-corrected chi connectivity index (χ3v) is 4.49. The predicted molar refractivity (Wildman–Crippen MR) is 77.1 cm³/mol. The molecule has 1 amide bonds. The van der Waals surface area contributed by atoms with Crippen molar-refractivity contribution in [1.82, 2.24) is 4.90 Å². The van der Waals surface area contributed by atoms with Gasteiger partial charge in [-0.1, -0.05) is 31.0 Å². The monoisotopic (exact) mass is 258 g/mol. The van der Waals surface area contributed by atoms with E-state index in [2.05, 4.69) is 41.1 Å². The van der Waals surface area contributed by atoms with Crippen LogP contribution in [0, 0.1) is 5.92 Å². The van der Waals surface area contributed by atoms with Gasteiger partial charge in [0.1, 0.15) is 0 Å². The molecule has 3 nitrogen and oxygen atoms in total. The molecule has 1 aliphatic carbocycles. The molecule has 0 saturated heterocycles. The molecule has 1 aromatic carbocycles. The standard InChI is InChI=1S/C16H22N2O/c1-17-10-11-18(16(19)13-6-2-3-7-13)12-14-8-4-5-9-15(14)17/h4-5,8-9,13H,2-3,6-7,10-12H2,1H3. The van der Waals surface area contributed by atoms with E-state index in [4.69, 9.17) is 0 Å². The van der Waals surface area contributed by atoms with Gasteiger partial charge < -0.3 is 9.80 Å². The zero-order valence-electron chi connectivity index (χ0n) is 11.6. The van der Waals surface area contributed by atoms with Gasteiger partial charge in [0.15, 0.2) is 0 Å². The Bertz CT molecular complexity index is 466. The maximum Gasteiger partial charge on any atom is 0.226 e. The predicted octanol–water partition coefficient (Wildman–Crippen LogP) is 2.66. The molecule has 0 atom stereocenters. The lowest BCUT2D eigenvalue weighted by atomic mass is 10.1. The van der Waals surface area contributed by atoms with Crippen LogP contribution in [0.3, 0.4) is 0 Å². The van der Waals surface area contributed by atoms with Gasteiger partial charge in [0.2, 0.25) is 5.91 Å². The molecule has 0 spiro atoms. The van der Waals surface area contributed by atoms with E-state index in [0.717, 1.165) is 32.5 Å². The van der Waals surface area contributed by atoms with E-state index in [-0.39, 0.29) is 5.92 Å². The highest BCUT2D eigenvalue weighted by molar-refractivity contribution is 5.79. The Morgan fingerprint density at radius 3 is 2.68 bits per heavy atom. The molecule has 1 aliphatic heterocycles. The van der Waals surface area contributed by atoms with Crippen molar-refractivity contribution in [2.24, 2.45) is 5.92 Å². The van der Waals surface area contributed by atoms with E-state index < -0.39 is 0 Å². The SMILES string of the molecule is CN1CCN(C(=O)C2CCCC2)Cc2ccccc21. The fraction of sp³-hybridized carbons (Fsp3) is 0.562. The van der Waals surface area contributed by atoms with Gasteiger partial charge in [0.05, 0.1) is 0 Å². The Kier molecular flexibility index (Phi) is 3.45. The molecule has 0 unspecified atom stereocenters. The number of nitrogens with zero attached hydrogens (tertiary/aromatic N) is 2. The molecule has 0 aromatic heterocycles. The second kappa shape index (κ2) is 5.24. The molecule has 3 rings (SSSR count). The molecule has 1 fully saturated rings. The Labute approximate surface area is 115 Å². The Morgan fingerprint density at radius 1 is 1.16 bits per heavy atom. The second-order valence-electron chi connectivity index (χ2n) is 5.79. The number of carbonyl (C=O) groups excluding carboxylic acids is 1. The number of carbonyl (C=O) groups is 1. The Morgan fingerprint density at radius 2 is 1.89 bits per heavy atom. The molecule has 102 valence electrons. The molecular formula is C16H22N2O. The van der Waals surface area contributed by atoms with Crippen LogP contribution in [-0.4, -0.2) is 30.9 Å². The minimum atomic E-state index is 0.288. The molecule has 1 saturated carbocycles. The highest BCUT2D eigenvalue weighted by Crippen LogP contribution is 2.29. The lowest BCUT2D eigenvalue weighted by molar-refractivity contribution is -0.135. The van der Waals surface area contributed by atoms with Crippen molar-refractivity contribution in [1.29, 1.82) is 0 Å². The van der Waals surface area contributed by atoms with Crippen molar-refractivity contribution >= 4 is 11.6 Å². The van der Waals surface area contributed by atoms with E-state index in [1.807, 2.05) is 0 Å². The number of benzene rings is 1. The molecule has 19 heavy (non-hydrogen) atoms. The summed E-state index contributed by atoms with van der Waals surface area (Å²) in [5.41, 5.74) is 2.54.